The lowest BCUT2D eigenvalue weighted by molar-refractivity contribution is -0.137. The minimum Gasteiger partial charge on any atom is -0.468 e. The second kappa shape index (κ2) is 13.8. The Morgan fingerprint density at radius 2 is 1.75 bits per heavy atom. The molecule has 3 aromatic rings. The van der Waals surface area contributed by atoms with Gasteiger partial charge in [0.25, 0.3) is 0 Å². The average molecular weight is 579 g/mol. The standard InChI is InChI=1S/C32H35ClN2O4S/c1-38-32(37)21-40-31-4-2-3-27-15-29(33)28(16-30(27)34-31)26-11-9-25(10-12-26)24-7-5-22(6-8-24)17-35-18-23(19-35)20-39-14-13-36/h5-12,15-16,23,36H,2-4,13-14,17-21H2,1H3. The summed E-state index contributed by atoms with van der Waals surface area (Å²) in [6, 6.07) is 21.4. The van der Waals surface area contributed by atoms with Crippen LogP contribution < -0.4 is 0 Å². The van der Waals surface area contributed by atoms with Crippen LogP contribution in [-0.2, 0) is 27.2 Å². The van der Waals surface area contributed by atoms with Crippen LogP contribution in [0, 0.1) is 5.92 Å². The SMILES string of the molecule is COC(=O)CSC1=Nc2cc(-c3ccc(-c4ccc(CN5CC(COCCO)C5)cc4)cc3)c(Cl)cc2CCC1. The number of esters is 1. The number of hydrogen-bond donors (Lipinski definition) is 1. The van der Waals surface area contributed by atoms with Gasteiger partial charge in [0, 0.05) is 36.1 Å². The number of aliphatic imine (C=N–C) groups is 1. The third kappa shape index (κ3) is 7.33. The van der Waals surface area contributed by atoms with Crippen molar-refractivity contribution in [1.82, 2.24) is 4.90 Å². The van der Waals surface area contributed by atoms with Gasteiger partial charge in [0.1, 0.15) is 0 Å². The number of fused-ring (bicyclic) bond motifs is 1. The number of aliphatic hydroxyl groups excluding tert-OH is 1. The van der Waals surface area contributed by atoms with Gasteiger partial charge in [-0.2, -0.15) is 0 Å². The number of likely N-dealkylation sites (tertiary alicyclic amines) is 1. The Kier molecular flexibility index (Phi) is 9.94. The van der Waals surface area contributed by atoms with E-state index in [2.05, 4.69) is 59.5 Å². The second-order valence-corrected chi connectivity index (χ2v) is 11.8. The molecule has 1 fully saturated rings. The minimum atomic E-state index is -0.241. The number of rotatable bonds is 10. The van der Waals surface area contributed by atoms with Crippen LogP contribution in [0.3, 0.4) is 0 Å². The molecular weight excluding hydrogens is 544 g/mol. The fourth-order valence-corrected chi connectivity index (χ4v) is 6.33. The van der Waals surface area contributed by atoms with Gasteiger partial charge in [-0.25, -0.2) is 4.99 Å². The summed E-state index contributed by atoms with van der Waals surface area (Å²) in [7, 11) is 1.41. The topological polar surface area (TPSA) is 71.4 Å². The molecule has 0 aromatic heterocycles. The Hall–Kier alpha value is -2.68. The largest absolute Gasteiger partial charge is 0.468 e. The number of aryl methyl sites for hydroxylation is 1. The molecule has 0 spiro atoms. The third-order valence-electron chi connectivity index (χ3n) is 7.35. The Morgan fingerprint density at radius 1 is 1.05 bits per heavy atom. The van der Waals surface area contributed by atoms with Gasteiger partial charge in [-0.05, 0) is 59.2 Å². The molecule has 1 saturated heterocycles. The molecule has 2 heterocycles. The zero-order valence-corrected chi connectivity index (χ0v) is 24.3. The van der Waals surface area contributed by atoms with E-state index < -0.39 is 0 Å². The van der Waals surface area contributed by atoms with Crippen LogP contribution in [-0.4, -0.2) is 66.8 Å². The number of hydrogen-bond acceptors (Lipinski definition) is 7. The first-order chi connectivity index (χ1) is 19.5. The van der Waals surface area contributed by atoms with Crippen LogP contribution in [0.1, 0.15) is 24.0 Å². The molecule has 2 aliphatic rings. The van der Waals surface area contributed by atoms with Crippen molar-refractivity contribution in [1.29, 1.82) is 0 Å². The summed E-state index contributed by atoms with van der Waals surface area (Å²) in [4.78, 5) is 18.9. The number of halogens is 1. The average Bonchev–Trinajstić information content (AvgIpc) is 3.16. The second-order valence-electron chi connectivity index (χ2n) is 10.3. The molecule has 0 amide bonds. The smallest absolute Gasteiger partial charge is 0.316 e. The number of benzene rings is 3. The van der Waals surface area contributed by atoms with Crippen molar-refractivity contribution in [3.63, 3.8) is 0 Å². The zero-order valence-electron chi connectivity index (χ0n) is 22.8. The van der Waals surface area contributed by atoms with Crippen LogP contribution in [0.4, 0.5) is 5.69 Å². The molecule has 210 valence electrons. The van der Waals surface area contributed by atoms with Crippen molar-refractivity contribution in [3.8, 4) is 22.3 Å². The zero-order chi connectivity index (χ0) is 27.9. The number of carbonyl (C=O) groups is 1. The van der Waals surface area contributed by atoms with Crippen molar-refractivity contribution in [3.05, 3.63) is 76.8 Å². The van der Waals surface area contributed by atoms with Gasteiger partial charge in [0.05, 0.1) is 43.4 Å². The van der Waals surface area contributed by atoms with E-state index in [0.717, 1.165) is 83.5 Å². The molecule has 2 aliphatic heterocycles. The molecule has 0 atom stereocenters. The number of carbonyl (C=O) groups excluding carboxylic acids is 1. The van der Waals surface area contributed by atoms with Crippen LogP contribution in [0.15, 0.2) is 65.7 Å². The van der Waals surface area contributed by atoms with Gasteiger partial charge in [0.2, 0.25) is 0 Å². The van der Waals surface area contributed by atoms with Crippen LogP contribution in [0.5, 0.6) is 0 Å². The van der Waals surface area contributed by atoms with Crippen molar-refractivity contribution in [2.24, 2.45) is 10.9 Å². The molecule has 40 heavy (non-hydrogen) atoms. The highest BCUT2D eigenvalue weighted by atomic mass is 35.5. The highest BCUT2D eigenvalue weighted by Gasteiger charge is 2.26. The number of methoxy groups -OCH3 is 1. The maximum absolute atomic E-state index is 11.6. The van der Waals surface area contributed by atoms with Gasteiger partial charge in [-0.3, -0.25) is 9.69 Å². The van der Waals surface area contributed by atoms with E-state index >= 15 is 0 Å². The van der Waals surface area contributed by atoms with E-state index in [1.165, 1.54) is 30.0 Å². The summed E-state index contributed by atoms with van der Waals surface area (Å²) in [6.07, 6.45) is 2.73. The number of aliphatic hydroxyl groups is 1. The maximum atomic E-state index is 11.6. The van der Waals surface area contributed by atoms with E-state index in [1.807, 2.05) is 6.07 Å². The molecule has 5 rings (SSSR count). The number of thioether (sulfide) groups is 1. The molecular formula is C32H35ClN2O4S. The van der Waals surface area contributed by atoms with Crippen molar-refractivity contribution in [2.75, 3.05) is 45.8 Å². The van der Waals surface area contributed by atoms with Crippen molar-refractivity contribution < 1.29 is 19.4 Å². The molecule has 0 aliphatic carbocycles. The van der Waals surface area contributed by atoms with E-state index in [-0.39, 0.29) is 18.3 Å². The molecule has 8 heteroatoms. The van der Waals surface area contributed by atoms with Gasteiger partial charge in [-0.1, -0.05) is 71.9 Å². The Labute approximate surface area is 245 Å². The highest BCUT2D eigenvalue weighted by molar-refractivity contribution is 8.14. The molecule has 1 N–H and O–H groups in total. The van der Waals surface area contributed by atoms with Crippen LogP contribution >= 0.6 is 23.4 Å². The summed E-state index contributed by atoms with van der Waals surface area (Å²) < 4.78 is 10.2. The van der Waals surface area contributed by atoms with Crippen molar-refractivity contribution in [2.45, 2.75) is 25.8 Å². The third-order valence-corrected chi connectivity index (χ3v) is 8.67. The summed E-state index contributed by atoms with van der Waals surface area (Å²) in [5.74, 6) is 0.597. The monoisotopic (exact) mass is 578 g/mol. The molecule has 0 unspecified atom stereocenters. The lowest BCUT2D eigenvalue weighted by Crippen LogP contribution is -2.48. The van der Waals surface area contributed by atoms with Gasteiger partial charge in [0.15, 0.2) is 0 Å². The van der Waals surface area contributed by atoms with Crippen molar-refractivity contribution >= 4 is 40.1 Å². The number of nitrogens with zero attached hydrogens (tertiary/aromatic N) is 2. The van der Waals surface area contributed by atoms with E-state index in [9.17, 15) is 4.79 Å². The van der Waals surface area contributed by atoms with Gasteiger partial charge >= 0.3 is 5.97 Å². The Balaban J connectivity index is 1.23. The molecule has 0 radical (unpaired) electrons. The fourth-order valence-electron chi connectivity index (χ4n) is 5.18. The summed E-state index contributed by atoms with van der Waals surface area (Å²) >= 11 is 8.20. The van der Waals surface area contributed by atoms with E-state index in [0.29, 0.717) is 12.5 Å². The minimum absolute atomic E-state index is 0.0866. The fraction of sp³-hybridized carbons (Fsp3) is 0.375. The van der Waals surface area contributed by atoms with E-state index in [1.54, 1.807) is 0 Å². The molecule has 0 bridgehead atoms. The van der Waals surface area contributed by atoms with Gasteiger partial charge in [-0.15, -0.1) is 0 Å². The molecule has 0 saturated carbocycles. The van der Waals surface area contributed by atoms with Crippen LogP contribution in [0.2, 0.25) is 5.02 Å². The lowest BCUT2D eigenvalue weighted by atomic mass is 9.97. The normalized spacial score (nSPS) is 15.6. The van der Waals surface area contributed by atoms with E-state index in [4.69, 9.17) is 31.2 Å². The quantitative estimate of drug-likeness (QED) is 0.222. The first-order valence-electron chi connectivity index (χ1n) is 13.7. The lowest BCUT2D eigenvalue weighted by Gasteiger charge is -2.39. The predicted octanol–water partition coefficient (Wildman–Crippen LogP) is 6.39. The molecule has 3 aromatic carbocycles. The summed E-state index contributed by atoms with van der Waals surface area (Å²) in [5, 5.41) is 10.5. The maximum Gasteiger partial charge on any atom is 0.316 e. The van der Waals surface area contributed by atoms with Crippen LogP contribution in [0.25, 0.3) is 22.3 Å². The van der Waals surface area contributed by atoms with Gasteiger partial charge < -0.3 is 14.6 Å². The first kappa shape index (κ1) is 28.8. The summed E-state index contributed by atoms with van der Waals surface area (Å²) in [6.45, 7) is 4.26. The Morgan fingerprint density at radius 3 is 2.45 bits per heavy atom. The predicted molar refractivity (Wildman–Crippen MR) is 164 cm³/mol. The highest BCUT2D eigenvalue weighted by Crippen LogP contribution is 2.38. The first-order valence-corrected chi connectivity index (χ1v) is 15.1. The Bertz CT molecular complexity index is 1340. The number of ether oxygens (including phenoxy) is 2. The summed E-state index contributed by atoms with van der Waals surface area (Å²) in [5.41, 5.74) is 7.71. The molecule has 6 nitrogen and oxygen atoms in total.